The first-order valence-corrected chi connectivity index (χ1v) is 8.76. The second-order valence-corrected chi connectivity index (χ2v) is 7.24. The summed E-state index contributed by atoms with van der Waals surface area (Å²) in [4.78, 5) is 24.8. The predicted octanol–water partition coefficient (Wildman–Crippen LogP) is 0.424. The zero-order valence-electron chi connectivity index (χ0n) is 12.4. The first-order valence-electron chi connectivity index (χ1n) is 6.94. The molecule has 0 aliphatic heterocycles. The van der Waals surface area contributed by atoms with Crippen LogP contribution in [0.25, 0.3) is 0 Å². The van der Waals surface area contributed by atoms with Crippen molar-refractivity contribution in [3.63, 3.8) is 0 Å². The molecule has 0 spiro atoms. The second kappa shape index (κ2) is 8.14. The van der Waals surface area contributed by atoms with Crippen LogP contribution in [0.4, 0.5) is 0 Å². The van der Waals surface area contributed by atoms with Gasteiger partial charge in [0.1, 0.15) is 6.73 Å². The van der Waals surface area contributed by atoms with Crippen LogP contribution in [0, 0.1) is 6.92 Å². The van der Waals surface area contributed by atoms with Crippen molar-refractivity contribution < 1.29 is 13.2 Å². The molecule has 0 saturated carbocycles. The van der Waals surface area contributed by atoms with Crippen molar-refractivity contribution >= 4 is 9.84 Å². The van der Waals surface area contributed by atoms with Crippen molar-refractivity contribution in [2.45, 2.75) is 39.8 Å². The summed E-state index contributed by atoms with van der Waals surface area (Å²) in [5.41, 5.74) is -0.614. The molecule has 7 nitrogen and oxygen atoms in total. The van der Waals surface area contributed by atoms with E-state index in [1.165, 1.54) is 10.8 Å². The first kappa shape index (κ1) is 17.6. The summed E-state index contributed by atoms with van der Waals surface area (Å²) in [5.74, 6) is 0.107. The molecular formula is C13H22N2O5S. The van der Waals surface area contributed by atoms with Crippen molar-refractivity contribution in [3.8, 4) is 0 Å². The smallest absolute Gasteiger partial charge is 0.330 e. The van der Waals surface area contributed by atoms with E-state index in [1.54, 1.807) is 6.92 Å². The summed E-state index contributed by atoms with van der Waals surface area (Å²) >= 11 is 0. The number of H-pyrrole nitrogens is 1. The number of aromatic amines is 1. The number of aryl methyl sites for hydroxylation is 1. The zero-order chi connectivity index (χ0) is 15.9. The van der Waals surface area contributed by atoms with E-state index in [4.69, 9.17) is 4.74 Å². The van der Waals surface area contributed by atoms with Crippen molar-refractivity contribution in [3.05, 3.63) is 32.6 Å². The minimum Gasteiger partial charge on any atom is -0.360 e. The molecule has 1 heterocycles. The SMILES string of the molecule is CCCCCS(=O)(=O)CCOCn1cc(C)c(=O)[nH]c1=O. The Hall–Kier alpha value is -1.41. The summed E-state index contributed by atoms with van der Waals surface area (Å²) in [5, 5.41) is 0. The van der Waals surface area contributed by atoms with E-state index in [0.29, 0.717) is 12.0 Å². The van der Waals surface area contributed by atoms with Gasteiger partial charge in [0.2, 0.25) is 0 Å². The lowest BCUT2D eigenvalue weighted by molar-refractivity contribution is 0.0854. The Labute approximate surface area is 123 Å². The normalized spacial score (nSPS) is 11.7. The van der Waals surface area contributed by atoms with Gasteiger partial charge in [-0.15, -0.1) is 0 Å². The Kier molecular flexibility index (Phi) is 6.83. The summed E-state index contributed by atoms with van der Waals surface area (Å²) in [6, 6.07) is 0. The number of unbranched alkanes of at least 4 members (excludes halogenated alkanes) is 2. The van der Waals surface area contributed by atoms with Crippen LogP contribution >= 0.6 is 0 Å². The van der Waals surface area contributed by atoms with Gasteiger partial charge in [-0.3, -0.25) is 14.3 Å². The molecule has 0 radical (unpaired) electrons. The fourth-order valence-electron chi connectivity index (χ4n) is 1.74. The maximum atomic E-state index is 11.7. The molecule has 120 valence electrons. The van der Waals surface area contributed by atoms with Crippen LogP contribution in [0.1, 0.15) is 31.7 Å². The molecule has 0 atom stereocenters. The lowest BCUT2D eigenvalue weighted by Gasteiger charge is -2.08. The standard InChI is InChI=1S/C13H22N2O5S/c1-3-4-5-7-21(18,19)8-6-20-10-15-9-11(2)12(16)14-13(15)17/h9H,3-8,10H2,1-2H3,(H,14,16,17). The lowest BCUT2D eigenvalue weighted by Crippen LogP contribution is -2.31. The van der Waals surface area contributed by atoms with Crippen molar-refractivity contribution in [1.82, 2.24) is 9.55 Å². The van der Waals surface area contributed by atoms with Crippen molar-refractivity contribution in [2.24, 2.45) is 0 Å². The molecule has 1 aromatic rings. The van der Waals surface area contributed by atoms with E-state index in [2.05, 4.69) is 4.98 Å². The third kappa shape index (κ3) is 6.26. The number of nitrogens with zero attached hydrogens (tertiary/aromatic N) is 1. The van der Waals surface area contributed by atoms with Crippen LogP contribution in [0.5, 0.6) is 0 Å². The van der Waals surface area contributed by atoms with Gasteiger partial charge in [0.15, 0.2) is 9.84 Å². The van der Waals surface area contributed by atoms with Gasteiger partial charge in [-0.1, -0.05) is 19.8 Å². The largest absolute Gasteiger partial charge is 0.360 e. The fourth-order valence-corrected chi connectivity index (χ4v) is 2.96. The van der Waals surface area contributed by atoms with Gasteiger partial charge in [0, 0.05) is 11.8 Å². The highest BCUT2D eigenvalue weighted by atomic mass is 32.2. The van der Waals surface area contributed by atoms with Crippen LogP contribution < -0.4 is 11.2 Å². The Morgan fingerprint density at radius 2 is 1.95 bits per heavy atom. The van der Waals surface area contributed by atoms with E-state index in [9.17, 15) is 18.0 Å². The topological polar surface area (TPSA) is 98.2 Å². The van der Waals surface area contributed by atoms with Gasteiger partial charge >= 0.3 is 5.69 Å². The predicted molar refractivity (Wildman–Crippen MR) is 80.2 cm³/mol. The molecule has 0 aromatic carbocycles. The molecule has 8 heteroatoms. The van der Waals surface area contributed by atoms with E-state index in [0.717, 1.165) is 12.8 Å². The molecule has 1 N–H and O–H groups in total. The lowest BCUT2D eigenvalue weighted by atomic mass is 10.3. The van der Waals surface area contributed by atoms with Gasteiger partial charge < -0.3 is 4.74 Å². The van der Waals surface area contributed by atoms with Crippen LogP contribution in [0.2, 0.25) is 0 Å². The third-order valence-electron chi connectivity index (χ3n) is 3.02. The Bertz CT molecular complexity index is 660. The molecule has 0 aliphatic rings. The molecule has 0 saturated heterocycles. The highest BCUT2D eigenvalue weighted by Crippen LogP contribution is 2.00. The van der Waals surface area contributed by atoms with Gasteiger partial charge in [-0.05, 0) is 13.3 Å². The van der Waals surface area contributed by atoms with E-state index < -0.39 is 21.1 Å². The van der Waals surface area contributed by atoms with Gasteiger partial charge in [-0.2, -0.15) is 0 Å². The molecule has 0 fully saturated rings. The minimum atomic E-state index is -3.10. The maximum absolute atomic E-state index is 11.7. The quantitative estimate of drug-likeness (QED) is 0.666. The molecule has 0 bridgehead atoms. The highest BCUT2D eigenvalue weighted by Gasteiger charge is 2.10. The second-order valence-electron chi connectivity index (χ2n) is 4.94. The van der Waals surface area contributed by atoms with Crippen molar-refractivity contribution in [1.29, 1.82) is 0 Å². The van der Waals surface area contributed by atoms with Crippen LogP contribution in [-0.4, -0.2) is 36.1 Å². The zero-order valence-corrected chi connectivity index (χ0v) is 13.2. The Morgan fingerprint density at radius 1 is 1.24 bits per heavy atom. The summed E-state index contributed by atoms with van der Waals surface area (Å²) in [6.07, 6.45) is 3.92. The molecular weight excluding hydrogens is 296 g/mol. The van der Waals surface area contributed by atoms with Gasteiger partial charge in [0.05, 0.1) is 18.1 Å². The van der Waals surface area contributed by atoms with Crippen LogP contribution in [0.15, 0.2) is 15.8 Å². The monoisotopic (exact) mass is 318 g/mol. The van der Waals surface area contributed by atoms with Crippen LogP contribution in [-0.2, 0) is 21.3 Å². The number of aromatic nitrogens is 2. The number of rotatable bonds is 9. The average Bonchev–Trinajstić information content (AvgIpc) is 2.40. The van der Waals surface area contributed by atoms with Crippen LogP contribution in [0.3, 0.4) is 0 Å². The molecule has 21 heavy (non-hydrogen) atoms. The molecule has 1 rings (SSSR count). The molecule has 0 amide bonds. The number of hydrogen-bond donors (Lipinski definition) is 1. The average molecular weight is 318 g/mol. The van der Waals surface area contributed by atoms with Gasteiger partial charge in [-0.25, -0.2) is 13.2 Å². The minimum absolute atomic E-state index is 0.0269. The number of hydrogen-bond acceptors (Lipinski definition) is 5. The van der Waals surface area contributed by atoms with Gasteiger partial charge in [0.25, 0.3) is 5.56 Å². The fraction of sp³-hybridized carbons (Fsp3) is 0.692. The molecule has 1 aromatic heterocycles. The van der Waals surface area contributed by atoms with E-state index >= 15 is 0 Å². The maximum Gasteiger partial charge on any atom is 0.330 e. The summed E-state index contributed by atoms with van der Waals surface area (Å²) in [6.45, 7) is 3.53. The summed E-state index contributed by atoms with van der Waals surface area (Å²) < 4.78 is 29.8. The molecule has 0 unspecified atom stereocenters. The Balaban J connectivity index is 2.43. The Morgan fingerprint density at radius 3 is 2.62 bits per heavy atom. The highest BCUT2D eigenvalue weighted by molar-refractivity contribution is 7.91. The van der Waals surface area contributed by atoms with E-state index in [1.807, 2.05) is 6.92 Å². The van der Waals surface area contributed by atoms with E-state index in [-0.39, 0.29) is 24.8 Å². The number of sulfone groups is 1. The molecule has 0 aliphatic carbocycles. The number of ether oxygens (including phenoxy) is 1. The number of nitrogens with one attached hydrogen (secondary N) is 1. The summed E-state index contributed by atoms with van der Waals surface area (Å²) in [7, 11) is -3.10. The third-order valence-corrected chi connectivity index (χ3v) is 4.72. The first-order chi connectivity index (χ1) is 9.85. The van der Waals surface area contributed by atoms with Crippen molar-refractivity contribution in [2.75, 3.05) is 18.1 Å².